The number of carboxylic acid groups (broad SMARTS) is 1. The van der Waals surface area contributed by atoms with E-state index in [-0.39, 0.29) is 6.42 Å². The maximum Gasteiger partial charge on any atom is 0.322 e. The number of carbonyl (C=O) groups is 3. The van der Waals surface area contributed by atoms with Gasteiger partial charge in [-0.15, -0.1) is 0 Å². The molecule has 130 valence electrons. The lowest BCUT2D eigenvalue weighted by Crippen LogP contribution is -2.49. The molecule has 0 saturated heterocycles. The number of carbonyl (C=O) groups excluding carboxylic acids is 2. The van der Waals surface area contributed by atoms with Gasteiger partial charge in [0.1, 0.15) is 18.4 Å². The van der Waals surface area contributed by atoms with E-state index in [4.69, 9.17) is 5.11 Å². The molecule has 0 heterocycles. The maximum absolute atomic E-state index is 13.0. The van der Waals surface area contributed by atoms with Crippen LogP contribution in [0.5, 0.6) is 0 Å². The number of carboxylic acids is 1. The van der Waals surface area contributed by atoms with E-state index in [9.17, 15) is 18.8 Å². The molecule has 6 nitrogen and oxygen atoms in total. The van der Waals surface area contributed by atoms with Gasteiger partial charge in [-0.25, -0.2) is 4.39 Å². The van der Waals surface area contributed by atoms with E-state index in [2.05, 4.69) is 10.6 Å². The van der Waals surface area contributed by atoms with Crippen LogP contribution in [-0.2, 0) is 16.0 Å². The molecular weight excluding hydrogens is 327 g/mol. The molecular formula is C18H17FN2O4. The fraction of sp³-hybridized carbons (Fsp3) is 0.167. The minimum absolute atomic E-state index is 0.101. The summed E-state index contributed by atoms with van der Waals surface area (Å²) >= 11 is 0. The highest BCUT2D eigenvalue weighted by atomic mass is 19.1. The lowest BCUT2D eigenvalue weighted by Gasteiger charge is -2.18. The van der Waals surface area contributed by atoms with Crippen molar-refractivity contribution >= 4 is 17.8 Å². The summed E-state index contributed by atoms with van der Waals surface area (Å²) in [6.07, 6.45) is 0.101. The number of hydrogen-bond acceptors (Lipinski definition) is 3. The Hall–Kier alpha value is -3.22. The van der Waals surface area contributed by atoms with Gasteiger partial charge in [-0.3, -0.25) is 14.4 Å². The van der Waals surface area contributed by atoms with E-state index in [0.717, 1.165) is 0 Å². The van der Waals surface area contributed by atoms with Crippen molar-refractivity contribution in [2.24, 2.45) is 0 Å². The Balaban J connectivity index is 2.12. The molecule has 3 N–H and O–H groups in total. The van der Waals surface area contributed by atoms with Gasteiger partial charge in [-0.05, 0) is 29.8 Å². The van der Waals surface area contributed by atoms with E-state index in [1.54, 1.807) is 30.3 Å². The highest BCUT2D eigenvalue weighted by Crippen LogP contribution is 2.07. The Morgan fingerprint density at radius 2 is 1.64 bits per heavy atom. The molecule has 0 bridgehead atoms. The lowest BCUT2D eigenvalue weighted by molar-refractivity contribution is -0.138. The predicted octanol–water partition coefficient (Wildman–Crippen LogP) is 1.37. The highest BCUT2D eigenvalue weighted by molar-refractivity contribution is 5.97. The van der Waals surface area contributed by atoms with Crippen molar-refractivity contribution in [3.63, 3.8) is 0 Å². The van der Waals surface area contributed by atoms with Crippen LogP contribution in [0, 0.1) is 5.82 Å². The molecule has 2 rings (SSSR count). The third-order valence-corrected chi connectivity index (χ3v) is 3.42. The molecule has 0 aliphatic carbocycles. The fourth-order valence-electron chi connectivity index (χ4n) is 2.18. The number of rotatable bonds is 7. The van der Waals surface area contributed by atoms with Crippen LogP contribution < -0.4 is 10.6 Å². The second kappa shape index (κ2) is 8.58. The standard InChI is InChI=1S/C18H17FN2O4/c19-14-8-6-12(7-9-14)10-15(18(25)20-11-16(22)23)21-17(24)13-4-2-1-3-5-13/h1-9,15H,10-11H2,(H,20,25)(H,21,24)(H,22,23). The van der Waals surface area contributed by atoms with E-state index < -0.39 is 36.2 Å². The molecule has 7 heteroatoms. The van der Waals surface area contributed by atoms with Crippen molar-refractivity contribution in [1.29, 1.82) is 0 Å². The Bertz CT molecular complexity index is 747. The Morgan fingerprint density at radius 1 is 1.00 bits per heavy atom. The normalized spacial score (nSPS) is 11.4. The average Bonchev–Trinajstić information content (AvgIpc) is 2.61. The van der Waals surface area contributed by atoms with Gasteiger partial charge in [-0.1, -0.05) is 30.3 Å². The number of benzene rings is 2. The monoisotopic (exact) mass is 344 g/mol. The quantitative estimate of drug-likeness (QED) is 0.707. The molecule has 0 aromatic heterocycles. The van der Waals surface area contributed by atoms with Gasteiger partial charge in [0.2, 0.25) is 5.91 Å². The number of hydrogen-bond donors (Lipinski definition) is 3. The second-order valence-electron chi connectivity index (χ2n) is 5.33. The Labute approximate surface area is 143 Å². The van der Waals surface area contributed by atoms with Gasteiger partial charge in [-0.2, -0.15) is 0 Å². The first-order valence-corrected chi connectivity index (χ1v) is 7.55. The molecule has 0 spiro atoms. The average molecular weight is 344 g/mol. The summed E-state index contributed by atoms with van der Waals surface area (Å²) in [6.45, 7) is -0.556. The zero-order valence-electron chi connectivity index (χ0n) is 13.2. The molecule has 25 heavy (non-hydrogen) atoms. The summed E-state index contributed by atoms with van der Waals surface area (Å²) in [5.41, 5.74) is 1.00. The van der Waals surface area contributed by atoms with Gasteiger partial charge in [0.15, 0.2) is 0 Å². The zero-order valence-corrected chi connectivity index (χ0v) is 13.2. The van der Waals surface area contributed by atoms with Gasteiger partial charge in [0.25, 0.3) is 5.91 Å². The highest BCUT2D eigenvalue weighted by Gasteiger charge is 2.22. The third-order valence-electron chi connectivity index (χ3n) is 3.42. The second-order valence-corrected chi connectivity index (χ2v) is 5.33. The molecule has 0 aliphatic rings. The minimum Gasteiger partial charge on any atom is -0.480 e. The molecule has 2 amide bonds. The smallest absolute Gasteiger partial charge is 0.322 e. The van der Waals surface area contributed by atoms with Crippen molar-refractivity contribution < 1.29 is 23.9 Å². The topological polar surface area (TPSA) is 95.5 Å². The van der Waals surface area contributed by atoms with Gasteiger partial charge < -0.3 is 15.7 Å². The first-order valence-electron chi connectivity index (χ1n) is 7.55. The summed E-state index contributed by atoms with van der Waals surface area (Å²) < 4.78 is 13.0. The van der Waals surface area contributed by atoms with Crippen LogP contribution in [0.2, 0.25) is 0 Å². The van der Waals surface area contributed by atoms with Crippen LogP contribution in [0.25, 0.3) is 0 Å². The third kappa shape index (κ3) is 5.72. The molecule has 1 atom stereocenters. The predicted molar refractivity (Wildman–Crippen MR) is 88.4 cm³/mol. The van der Waals surface area contributed by atoms with Crippen LogP contribution in [0.3, 0.4) is 0 Å². The fourth-order valence-corrected chi connectivity index (χ4v) is 2.18. The number of aliphatic carboxylic acids is 1. The van der Waals surface area contributed by atoms with Crippen LogP contribution in [-0.4, -0.2) is 35.5 Å². The molecule has 2 aromatic carbocycles. The van der Waals surface area contributed by atoms with Crippen molar-refractivity contribution in [2.45, 2.75) is 12.5 Å². The van der Waals surface area contributed by atoms with Crippen LogP contribution in [0.4, 0.5) is 4.39 Å². The Kier molecular flexibility index (Phi) is 6.22. The lowest BCUT2D eigenvalue weighted by atomic mass is 10.0. The first kappa shape index (κ1) is 18.1. The largest absolute Gasteiger partial charge is 0.480 e. The zero-order chi connectivity index (χ0) is 18.2. The van der Waals surface area contributed by atoms with Crippen molar-refractivity contribution in [1.82, 2.24) is 10.6 Å². The van der Waals surface area contributed by atoms with Gasteiger partial charge >= 0.3 is 5.97 Å². The first-order chi connectivity index (χ1) is 12.0. The summed E-state index contributed by atoms with van der Waals surface area (Å²) in [5, 5.41) is 13.5. The molecule has 0 radical (unpaired) electrons. The summed E-state index contributed by atoms with van der Waals surface area (Å²) in [5.74, 6) is -2.69. The number of halogens is 1. The van der Waals surface area contributed by atoms with Crippen molar-refractivity contribution in [3.05, 3.63) is 71.5 Å². The van der Waals surface area contributed by atoms with Gasteiger partial charge in [0, 0.05) is 12.0 Å². The van der Waals surface area contributed by atoms with E-state index in [1.165, 1.54) is 24.3 Å². The number of nitrogens with one attached hydrogen (secondary N) is 2. The summed E-state index contributed by atoms with van der Waals surface area (Å²) in [4.78, 5) is 35.1. The van der Waals surface area contributed by atoms with E-state index in [1.807, 2.05) is 0 Å². The van der Waals surface area contributed by atoms with E-state index in [0.29, 0.717) is 11.1 Å². The Morgan fingerprint density at radius 3 is 2.24 bits per heavy atom. The van der Waals surface area contributed by atoms with E-state index >= 15 is 0 Å². The number of amides is 2. The summed E-state index contributed by atoms with van der Waals surface area (Å²) in [7, 11) is 0. The van der Waals surface area contributed by atoms with Gasteiger partial charge in [0.05, 0.1) is 0 Å². The SMILES string of the molecule is O=C(O)CNC(=O)C(Cc1ccc(F)cc1)NC(=O)c1ccccc1. The molecule has 1 unspecified atom stereocenters. The van der Waals surface area contributed by atoms with Crippen LogP contribution >= 0.6 is 0 Å². The van der Waals surface area contributed by atoms with Crippen molar-refractivity contribution in [2.75, 3.05) is 6.54 Å². The molecule has 0 saturated carbocycles. The minimum atomic E-state index is -1.19. The van der Waals surface area contributed by atoms with Crippen LogP contribution in [0.15, 0.2) is 54.6 Å². The molecule has 0 aliphatic heterocycles. The molecule has 2 aromatic rings. The van der Waals surface area contributed by atoms with Crippen molar-refractivity contribution in [3.8, 4) is 0 Å². The van der Waals surface area contributed by atoms with Crippen LogP contribution in [0.1, 0.15) is 15.9 Å². The maximum atomic E-state index is 13.0. The molecule has 0 fully saturated rings. The summed E-state index contributed by atoms with van der Waals surface area (Å²) in [6, 6.07) is 12.8.